The van der Waals surface area contributed by atoms with Crippen molar-refractivity contribution in [2.45, 2.75) is 26.4 Å². The zero-order chi connectivity index (χ0) is 20.2. The van der Waals surface area contributed by atoms with Crippen molar-refractivity contribution < 1.29 is 38.0 Å². The Labute approximate surface area is 163 Å². The van der Waals surface area contributed by atoms with E-state index in [4.69, 9.17) is 33.2 Å². The molecule has 0 bridgehead atoms. The molecular formula is C19H36O8. The van der Waals surface area contributed by atoms with Crippen LogP contribution in [0.15, 0.2) is 12.7 Å². The summed E-state index contributed by atoms with van der Waals surface area (Å²) in [5.74, 6) is -0.378. The summed E-state index contributed by atoms with van der Waals surface area (Å²) in [4.78, 5) is 11.4. The maximum Gasteiger partial charge on any atom is 0.332 e. The lowest BCUT2D eigenvalue weighted by atomic mass is 10.2. The van der Waals surface area contributed by atoms with Crippen molar-refractivity contribution in [2.24, 2.45) is 0 Å². The molecule has 0 fully saturated rings. The molecule has 0 N–H and O–H groups in total. The molecule has 0 heterocycles. The molecule has 0 amide bonds. The van der Waals surface area contributed by atoms with Crippen molar-refractivity contribution >= 4 is 5.97 Å². The van der Waals surface area contributed by atoms with Crippen LogP contribution in [0.3, 0.4) is 0 Å². The van der Waals surface area contributed by atoms with Gasteiger partial charge in [-0.2, -0.15) is 0 Å². The lowest BCUT2D eigenvalue weighted by Gasteiger charge is -2.19. The van der Waals surface area contributed by atoms with Gasteiger partial charge in [0.1, 0.15) is 12.2 Å². The van der Waals surface area contributed by atoms with E-state index in [0.29, 0.717) is 72.7 Å². The summed E-state index contributed by atoms with van der Waals surface area (Å²) in [6, 6.07) is 0. The first-order valence-electron chi connectivity index (χ1n) is 9.25. The van der Waals surface area contributed by atoms with Gasteiger partial charge in [0.25, 0.3) is 0 Å². The fourth-order valence-electron chi connectivity index (χ4n) is 1.69. The van der Waals surface area contributed by atoms with E-state index in [1.807, 2.05) is 20.8 Å². The first kappa shape index (κ1) is 26.0. The second-order valence-corrected chi connectivity index (χ2v) is 6.45. The van der Waals surface area contributed by atoms with Crippen molar-refractivity contribution in [3.8, 4) is 0 Å². The van der Waals surface area contributed by atoms with Crippen LogP contribution in [0.5, 0.6) is 0 Å². The van der Waals surface area contributed by atoms with Gasteiger partial charge in [-0.3, -0.25) is 0 Å². The number of hydrogen-bond acceptors (Lipinski definition) is 8. The van der Waals surface area contributed by atoms with Crippen LogP contribution in [0.1, 0.15) is 20.8 Å². The molecule has 8 nitrogen and oxygen atoms in total. The molecule has 0 unspecified atom stereocenters. The van der Waals surface area contributed by atoms with Crippen LogP contribution >= 0.6 is 0 Å². The highest BCUT2D eigenvalue weighted by atomic mass is 16.6. The zero-order valence-electron chi connectivity index (χ0n) is 17.0. The van der Waals surface area contributed by atoms with Crippen molar-refractivity contribution in [2.75, 3.05) is 79.3 Å². The number of hydrogen-bond donors (Lipinski definition) is 0. The van der Waals surface area contributed by atoms with Crippen molar-refractivity contribution in [1.82, 2.24) is 0 Å². The van der Waals surface area contributed by atoms with Crippen molar-refractivity contribution in [1.29, 1.82) is 0 Å². The van der Waals surface area contributed by atoms with E-state index >= 15 is 0 Å². The lowest BCUT2D eigenvalue weighted by molar-refractivity contribution is -0.160. The highest BCUT2D eigenvalue weighted by molar-refractivity contribution is 5.71. The summed E-state index contributed by atoms with van der Waals surface area (Å²) in [7, 11) is 0. The molecule has 0 aromatic heterocycles. The number of carbonyl (C=O) groups is 1. The fourth-order valence-corrected chi connectivity index (χ4v) is 1.69. The predicted octanol–water partition coefficient (Wildman–Crippen LogP) is 1.61. The van der Waals surface area contributed by atoms with Gasteiger partial charge in [-0.1, -0.05) is 6.08 Å². The second-order valence-electron chi connectivity index (χ2n) is 6.45. The fraction of sp³-hybridized carbons (Fsp3) is 0.842. The molecule has 0 aromatic carbocycles. The monoisotopic (exact) mass is 392 g/mol. The van der Waals surface area contributed by atoms with Crippen LogP contribution in [0.2, 0.25) is 0 Å². The minimum absolute atomic E-state index is 0.0694. The first-order valence-corrected chi connectivity index (χ1v) is 9.25. The summed E-state index contributed by atoms with van der Waals surface area (Å²) in [6.07, 6.45) is 1.70. The lowest BCUT2D eigenvalue weighted by Crippen LogP contribution is -2.27. The molecule has 0 aromatic rings. The van der Waals surface area contributed by atoms with E-state index < -0.39 is 5.60 Å². The summed E-state index contributed by atoms with van der Waals surface area (Å²) in [5, 5.41) is 0. The Morgan fingerprint density at radius 3 is 1.44 bits per heavy atom. The Bertz CT molecular complexity index is 354. The second kappa shape index (κ2) is 18.3. The molecule has 0 radical (unpaired) electrons. The maximum absolute atomic E-state index is 11.4. The van der Waals surface area contributed by atoms with Gasteiger partial charge in [0.2, 0.25) is 0 Å². The van der Waals surface area contributed by atoms with E-state index in [0.717, 1.165) is 0 Å². The topological polar surface area (TPSA) is 81.7 Å². The minimum Gasteiger partial charge on any atom is -0.458 e. The van der Waals surface area contributed by atoms with E-state index in [-0.39, 0.29) is 12.6 Å². The molecular weight excluding hydrogens is 356 g/mol. The molecule has 27 heavy (non-hydrogen) atoms. The van der Waals surface area contributed by atoms with Gasteiger partial charge < -0.3 is 33.2 Å². The Morgan fingerprint density at radius 1 is 0.704 bits per heavy atom. The largest absolute Gasteiger partial charge is 0.458 e. The molecule has 0 aliphatic rings. The summed E-state index contributed by atoms with van der Waals surface area (Å²) >= 11 is 0. The van der Waals surface area contributed by atoms with E-state index in [2.05, 4.69) is 6.58 Å². The normalized spacial score (nSPS) is 11.5. The highest BCUT2D eigenvalue weighted by Gasteiger charge is 2.15. The van der Waals surface area contributed by atoms with Crippen molar-refractivity contribution in [3.05, 3.63) is 12.7 Å². The van der Waals surface area contributed by atoms with Crippen LogP contribution in [-0.2, 0) is 38.0 Å². The standard InChI is InChI=1S/C19H36O8/c1-5-6-21-7-8-22-9-10-23-11-12-24-13-14-25-15-16-26-17-18(20)27-19(2,3)4/h5H,1,6-17H2,2-4H3. The smallest absolute Gasteiger partial charge is 0.332 e. The van der Waals surface area contributed by atoms with Gasteiger partial charge >= 0.3 is 5.97 Å². The molecule has 8 heteroatoms. The Kier molecular flexibility index (Phi) is 17.6. The number of carbonyl (C=O) groups excluding carboxylic acids is 1. The van der Waals surface area contributed by atoms with Crippen LogP contribution < -0.4 is 0 Å². The van der Waals surface area contributed by atoms with Crippen LogP contribution in [-0.4, -0.2) is 90.9 Å². The summed E-state index contributed by atoms with van der Waals surface area (Å²) < 4.78 is 36.9. The predicted molar refractivity (Wildman–Crippen MR) is 101 cm³/mol. The van der Waals surface area contributed by atoms with Gasteiger partial charge in [0.05, 0.1) is 72.7 Å². The first-order chi connectivity index (χ1) is 13.0. The molecule has 0 atom stereocenters. The van der Waals surface area contributed by atoms with Crippen molar-refractivity contribution in [3.63, 3.8) is 0 Å². The van der Waals surface area contributed by atoms with E-state index in [9.17, 15) is 4.79 Å². The third kappa shape index (κ3) is 22.9. The Morgan fingerprint density at radius 2 is 1.07 bits per heavy atom. The summed E-state index contributed by atoms with van der Waals surface area (Å²) in [5.41, 5.74) is -0.495. The molecule has 0 spiro atoms. The number of rotatable bonds is 19. The number of esters is 1. The van der Waals surface area contributed by atoms with E-state index in [1.54, 1.807) is 6.08 Å². The molecule has 0 aliphatic heterocycles. The maximum atomic E-state index is 11.4. The van der Waals surface area contributed by atoms with Gasteiger partial charge in [-0.25, -0.2) is 4.79 Å². The highest BCUT2D eigenvalue weighted by Crippen LogP contribution is 2.06. The summed E-state index contributed by atoms with van der Waals surface area (Å²) in [6.45, 7) is 14.3. The van der Waals surface area contributed by atoms with Gasteiger partial charge in [0.15, 0.2) is 0 Å². The van der Waals surface area contributed by atoms with Gasteiger partial charge in [-0.15, -0.1) is 6.58 Å². The molecule has 0 rings (SSSR count). The quantitative estimate of drug-likeness (QED) is 0.186. The Balaban J connectivity index is 3.13. The average Bonchev–Trinajstić information content (AvgIpc) is 2.59. The molecule has 0 saturated carbocycles. The zero-order valence-corrected chi connectivity index (χ0v) is 17.0. The van der Waals surface area contributed by atoms with E-state index in [1.165, 1.54) is 0 Å². The minimum atomic E-state index is -0.495. The SMILES string of the molecule is C=CCOCCOCCOCCOCCOCCOCC(=O)OC(C)(C)C. The van der Waals surface area contributed by atoms with Gasteiger partial charge in [0, 0.05) is 0 Å². The third-order valence-corrected chi connectivity index (χ3v) is 2.74. The molecule has 0 saturated heterocycles. The van der Waals surface area contributed by atoms with Gasteiger partial charge in [-0.05, 0) is 20.8 Å². The number of ether oxygens (including phenoxy) is 7. The average molecular weight is 392 g/mol. The van der Waals surface area contributed by atoms with Crippen LogP contribution in [0, 0.1) is 0 Å². The third-order valence-electron chi connectivity index (χ3n) is 2.74. The Hall–Kier alpha value is -1.03. The van der Waals surface area contributed by atoms with Crippen LogP contribution in [0.4, 0.5) is 0 Å². The molecule has 160 valence electrons. The molecule has 0 aliphatic carbocycles. The van der Waals surface area contributed by atoms with Crippen LogP contribution in [0.25, 0.3) is 0 Å².